The van der Waals surface area contributed by atoms with Gasteiger partial charge in [-0.2, -0.15) is 0 Å². The van der Waals surface area contributed by atoms with Crippen LogP contribution >= 0.6 is 11.6 Å². The second-order valence-electron chi connectivity index (χ2n) is 3.41. The van der Waals surface area contributed by atoms with Gasteiger partial charge in [0, 0.05) is 23.2 Å². The Bertz CT molecular complexity index is 324. The van der Waals surface area contributed by atoms with E-state index in [0.717, 1.165) is 0 Å². The second-order valence-corrected chi connectivity index (χ2v) is 3.84. The number of likely N-dealkylation sites (N-methyl/N-ethyl adjacent to an activating group) is 1. The van der Waals surface area contributed by atoms with Crippen LogP contribution in [0, 0.1) is 0 Å². The molecule has 0 saturated heterocycles. The van der Waals surface area contributed by atoms with Crippen LogP contribution in [0.15, 0.2) is 24.3 Å². The van der Waals surface area contributed by atoms with Crippen LogP contribution in [0.5, 0.6) is 0 Å². The molecule has 0 radical (unpaired) electrons. The van der Waals surface area contributed by atoms with Gasteiger partial charge in [0.25, 0.3) is 5.91 Å². The Labute approximate surface area is 94.8 Å². The second kappa shape index (κ2) is 5.73. The molecule has 15 heavy (non-hydrogen) atoms. The number of carbonyl (C=O) groups excluding carboxylic acids is 1. The van der Waals surface area contributed by atoms with Gasteiger partial charge in [-0.05, 0) is 38.2 Å². The van der Waals surface area contributed by atoms with Crippen LogP contribution in [0.1, 0.15) is 17.3 Å². The smallest absolute Gasteiger partial charge is 0.251 e. The fraction of sp³-hybridized carbons (Fsp3) is 0.364. The normalized spacial score (nSPS) is 12.2. The molecule has 0 bridgehead atoms. The van der Waals surface area contributed by atoms with Gasteiger partial charge in [0.2, 0.25) is 0 Å². The van der Waals surface area contributed by atoms with Crippen LogP contribution in [0.2, 0.25) is 5.02 Å². The standard InChI is InChI=1S/C11H15ClN2O/c1-8(13-2)7-14-11(15)9-3-5-10(12)6-4-9/h3-6,8,13H,7H2,1-2H3,(H,14,15). The number of nitrogens with one attached hydrogen (secondary N) is 2. The largest absolute Gasteiger partial charge is 0.350 e. The van der Waals surface area contributed by atoms with Gasteiger partial charge in [-0.1, -0.05) is 11.6 Å². The monoisotopic (exact) mass is 226 g/mol. The average Bonchev–Trinajstić information content (AvgIpc) is 2.26. The van der Waals surface area contributed by atoms with E-state index >= 15 is 0 Å². The summed E-state index contributed by atoms with van der Waals surface area (Å²) in [5, 5.41) is 6.50. The molecule has 1 rings (SSSR count). The van der Waals surface area contributed by atoms with E-state index in [2.05, 4.69) is 10.6 Å². The third kappa shape index (κ3) is 3.90. The first kappa shape index (κ1) is 12.0. The molecular weight excluding hydrogens is 212 g/mol. The van der Waals surface area contributed by atoms with Crippen LogP contribution in [0.3, 0.4) is 0 Å². The summed E-state index contributed by atoms with van der Waals surface area (Å²) in [5.74, 6) is -0.0752. The number of benzene rings is 1. The summed E-state index contributed by atoms with van der Waals surface area (Å²) in [7, 11) is 1.86. The fourth-order valence-corrected chi connectivity index (χ4v) is 1.18. The SMILES string of the molecule is CNC(C)CNC(=O)c1ccc(Cl)cc1. The minimum atomic E-state index is -0.0752. The summed E-state index contributed by atoms with van der Waals surface area (Å²) in [6.45, 7) is 2.61. The Morgan fingerprint density at radius 1 is 1.40 bits per heavy atom. The van der Waals surface area contributed by atoms with Crippen molar-refractivity contribution in [3.8, 4) is 0 Å². The minimum absolute atomic E-state index is 0.0752. The molecule has 1 atom stereocenters. The highest BCUT2D eigenvalue weighted by Gasteiger charge is 2.05. The van der Waals surface area contributed by atoms with Crippen molar-refractivity contribution in [1.29, 1.82) is 0 Å². The Morgan fingerprint density at radius 2 is 2.00 bits per heavy atom. The highest BCUT2D eigenvalue weighted by Crippen LogP contribution is 2.09. The van der Waals surface area contributed by atoms with E-state index in [0.29, 0.717) is 17.1 Å². The van der Waals surface area contributed by atoms with Crippen molar-refractivity contribution in [2.24, 2.45) is 0 Å². The molecule has 4 heteroatoms. The van der Waals surface area contributed by atoms with Gasteiger partial charge < -0.3 is 10.6 Å². The van der Waals surface area contributed by atoms with E-state index in [4.69, 9.17) is 11.6 Å². The van der Waals surface area contributed by atoms with Gasteiger partial charge >= 0.3 is 0 Å². The maximum Gasteiger partial charge on any atom is 0.251 e. The highest BCUT2D eigenvalue weighted by molar-refractivity contribution is 6.30. The zero-order chi connectivity index (χ0) is 11.3. The maximum atomic E-state index is 11.6. The average molecular weight is 227 g/mol. The molecule has 0 spiro atoms. The van der Waals surface area contributed by atoms with Crippen LogP contribution in [0.25, 0.3) is 0 Å². The molecule has 2 N–H and O–H groups in total. The Hall–Kier alpha value is -1.06. The predicted molar refractivity (Wildman–Crippen MR) is 62.3 cm³/mol. The molecular formula is C11H15ClN2O. The molecule has 0 heterocycles. The molecule has 1 aromatic carbocycles. The van der Waals surface area contributed by atoms with Crippen LogP contribution in [-0.2, 0) is 0 Å². The maximum absolute atomic E-state index is 11.6. The lowest BCUT2D eigenvalue weighted by molar-refractivity contribution is 0.0950. The third-order valence-corrected chi connectivity index (χ3v) is 2.42. The minimum Gasteiger partial charge on any atom is -0.350 e. The number of rotatable bonds is 4. The first-order valence-electron chi connectivity index (χ1n) is 4.84. The van der Waals surface area contributed by atoms with E-state index in [1.165, 1.54) is 0 Å². The summed E-state index contributed by atoms with van der Waals surface area (Å²) in [6, 6.07) is 7.10. The first-order valence-corrected chi connectivity index (χ1v) is 5.22. The van der Waals surface area contributed by atoms with Crippen molar-refractivity contribution in [1.82, 2.24) is 10.6 Å². The van der Waals surface area contributed by atoms with Crippen molar-refractivity contribution in [2.45, 2.75) is 13.0 Å². The quantitative estimate of drug-likeness (QED) is 0.820. The molecule has 3 nitrogen and oxygen atoms in total. The van der Waals surface area contributed by atoms with Crippen LogP contribution < -0.4 is 10.6 Å². The zero-order valence-electron chi connectivity index (χ0n) is 8.88. The number of carbonyl (C=O) groups is 1. The highest BCUT2D eigenvalue weighted by atomic mass is 35.5. The molecule has 0 aliphatic heterocycles. The van der Waals surface area contributed by atoms with Crippen molar-refractivity contribution in [3.63, 3.8) is 0 Å². The lowest BCUT2D eigenvalue weighted by atomic mass is 10.2. The molecule has 1 amide bonds. The summed E-state index contributed by atoms with van der Waals surface area (Å²) in [6.07, 6.45) is 0. The number of amides is 1. The van der Waals surface area contributed by atoms with Crippen molar-refractivity contribution in [3.05, 3.63) is 34.9 Å². The number of halogens is 1. The van der Waals surface area contributed by atoms with Crippen LogP contribution in [-0.4, -0.2) is 25.5 Å². The lowest BCUT2D eigenvalue weighted by Gasteiger charge is -2.11. The van der Waals surface area contributed by atoms with Crippen molar-refractivity contribution < 1.29 is 4.79 Å². The van der Waals surface area contributed by atoms with Gasteiger partial charge in [-0.3, -0.25) is 4.79 Å². The molecule has 0 fully saturated rings. The van der Waals surface area contributed by atoms with Crippen molar-refractivity contribution in [2.75, 3.05) is 13.6 Å². The summed E-state index contributed by atoms with van der Waals surface area (Å²) >= 11 is 5.72. The van der Waals surface area contributed by atoms with E-state index in [9.17, 15) is 4.79 Å². The lowest BCUT2D eigenvalue weighted by Crippen LogP contribution is -2.37. The molecule has 0 aliphatic carbocycles. The summed E-state index contributed by atoms with van der Waals surface area (Å²) in [4.78, 5) is 11.6. The molecule has 1 aromatic rings. The summed E-state index contributed by atoms with van der Waals surface area (Å²) < 4.78 is 0. The van der Waals surface area contributed by atoms with Crippen LogP contribution in [0.4, 0.5) is 0 Å². The fourth-order valence-electron chi connectivity index (χ4n) is 1.05. The van der Waals surface area contributed by atoms with E-state index in [1.807, 2.05) is 14.0 Å². The third-order valence-electron chi connectivity index (χ3n) is 2.17. The molecule has 0 saturated carbocycles. The molecule has 0 aliphatic rings. The van der Waals surface area contributed by atoms with E-state index in [-0.39, 0.29) is 11.9 Å². The molecule has 1 unspecified atom stereocenters. The van der Waals surface area contributed by atoms with Crippen molar-refractivity contribution >= 4 is 17.5 Å². The molecule has 82 valence electrons. The van der Waals surface area contributed by atoms with Gasteiger partial charge in [0.15, 0.2) is 0 Å². The van der Waals surface area contributed by atoms with E-state index in [1.54, 1.807) is 24.3 Å². The Balaban J connectivity index is 2.50. The Kier molecular flexibility index (Phi) is 4.59. The Morgan fingerprint density at radius 3 is 2.53 bits per heavy atom. The first-order chi connectivity index (χ1) is 7.13. The zero-order valence-corrected chi connectivity index (χ0v) is 9.64. The van der Waals surface area contributed by atoms with Gasteiger partial charge in [-0.25, -0.2) is 0 Å². The van der Waals surface area contributed by atoms with Gasteiger partial charge in [0.1, 0.15) is 0 Å². The number of hydrogen-bond acceptors (Lipinski definition) is 2. The topological polar surface area (TPSA) is 41.1 Å². The number of hydrogen-bond donors (Lipinski definition) is 2. The predicted octanol–water partition coefficient (Wildman–Crippen LogP) is 1.68. The van der Waals surface area contributed by atoms with E-state index < -0.39 is 0 Å². The molecule has 0 aromatic heterocycles. The summed E-state index contributed by atoms with van der Waals surface area (Å²) in [5.41, 5.74) is 0.628. The van der Waals surface area contributed by atoms with Gasteiger partial charge in [0.05, 0.1) is 0 Å². The van der Waals surface area contributed by atoms with Gasteiger partial charge in [-0.15, -0.1) is 0 Å².